The number of nitrogens with one attached hydrogen (secondary N) is 1. The molecule has 0 spiro atoms. The topological polar surface area (TPSA) is 74.7 Å². The van der Waals surface area contributed by atoms with Crippen LogP contribution in [0.15, 0.2) is 24.8 Å². The van der Waals surface area contributed by atoms with Gasteiger partial charge in [0.2, 0.25) is 0 Å². The fourth-order valence-corrected chi connectivity index (χ4v) is 0.991. The first kappa shape index (κ1) is 7.88. The third kappa shape index (κ3) is 1.54. The van der Waals surface area contributed by atoms with Crippen molar-refractivity contribution in [2.24, 2.45) is 0 Å². The largest absolute Gasteiger partial charge is 0.390 e. The molecule has 66 valence electrons. The van der Waals surface area contributed by atoms with Crippen molar-refractivity contribution in [3.05, 3.63) is 30.5 Å². The summed E-state index contributed by atoms with van der Waals surface area (Å²) in [7, 11) is 0. The maximum Gasteiger partial charge on any atom is 0.157 e. The summed E-state index contributed by atoms with van der Waals surface area (Å²) in [6.07, 6.45) is 6.37. The second kappa shape index (κ2) is 3.32. The van der Waals surface area contributed by atoms with Crippen molar-refractivity contribution in [3.8, 4) is 11.5 Å². The molecule has 0 aliphatic heterocycles. The van der Waals surface area contributed by atoms with E-state index in [1.807, 2.05) is 0 Å². The Bertz CT molecular complexity index is 384. The Morgan fingerprint density at radius 2 is 2.15 bits per heavy atom. The molecule has 0 saturated carbocycles. The molecule has 2 heterocycles. The number of H-pyrrole nitrogens is 1. The van der Waals surface area contributed by atoms with Crippen LogP contribution in [-0.2, 0) is 6.61 Å². The van der Waals surface area contributed by atoms with Gasteiger partial charge in [0.25, 0.3) is 0 Å². The molecule has 0 saturated heterocycles. The van der Waals surface area contributed by atoms with Crippen molar-refractivity contribution < 1.29 is 5.11 Å². The monoisotopic (exact) mass is 176 g/mol. The number of aromatic amines is 1. The average molecular weight is 176 g/mol. The smallest absolute Gasteiger partial charge is 0.157 e. The fraction of sp³-hybridized carbons (Fsp3) is 0.125. The van der Waals surface area contributed by atoms with E-state index in [9.17, 15) is 0 Å². The Morgan fingerprint density at radius 3 is 2.77 bits per heavy atom. The maximum absolute atomic E-state index is 8.79. The lowest BCUT2D eigenvalue weighted by molar-refractivity contribution is 0.277. The van der Waals surface area contributed by atoms with E-state index in [1.165, 1.54) is 0 Å². The molecule has 2 aromatic rings. The van der Waals surface area contributed by atoms with E-state index in [4.69, 9.17) is 5.11 Å². The van der Waals surface area contributed by atoms with Crippen molar-refractivity contribution in [2.45, 2.75) is 6.61 Å². The number of rotatable bonds is 2. The lowest BCUT2D eigenvalue weighted by Gasteiger charge is -1.92. The highest BCUT2D eigenvalue weighted by atomic mass is 16.3. The molecular weight excluding hydrogens is 168 g/mol. The zero-order valence-corrected chi connectivity index (χ0v) is 6.81. The minimum absolute atomic E-state index is 0.0484. The molecule has 0 fully saturated rings. The van der Waals surface area contributed by atoms with Gasteiger partial charge in [-0.05, 0) is 0 Å². The molecule has 2 N–H and O–H groups in total. The van der Waals surface area contributed by atoms with Crippen molar-refractivity contribution in [2.75, 3.05) is 0 Å². The highest BCUT2D eigenvalue weighted by molar-refractivity contribution is 5.46. The van der Waals surface area contributed by atoms with Gasteiger partial charge in [-0.25, -0.2) is 9.97 Å². The Hall–Kier alpha value is -1.75. The van der Waals surface area contributed by atoms with Crippen LogP contribution in [0.1, 0.15) is 5.69 Å². The van der Waals surface area contributed by atoms with E-state index in [1.54, 1.807) is 24.8 Å². The van der Waals surface area contributed by atoms with Crippen LogP contribution in [0.3, 0.4) is 0 Å². The Labute approximate surface area is 74.5 Å². The second-order valence-electron chi connectivity index (χ2n) is 2.51. The predicted molar refractivity (Wildman–Crippen MR) is 45.5 cm³/mol. The Morgan fingerprint density at radius 1 is 1.23 bits per heavy atom. The number of hydrogen-bond donors (Lipinski definition) is 2. The number of aliphatic hydroxyl groups excluding tert-OH is 1. The van der Waals surface area contributed by atoms with Crippen LogP contribution in [0.25, 0.3) is 11.5 Å². The molecule has 0 aliphatic carbocycles. The SMILES string of the molecule is OCc1cnc(-c2cnccn2)[nH]1. The van der Waals surface area contributed by atoms with Gasteiger partial charge in [-0.15, -0.1) is 0 Å². The second-order valence-corrected chi connectivity index (χ2v) is 2.51. The third-order valence-electron chi connectivity index (χ3n) is 1.60. The van der Waals surface area contributed by atoms with E-state index in [2.05, 4.69) is 19.9 Å². The van der Waals surface area contributed by atoms with Crippen molar-refractivity contribution in [3.63, 3.8) is 0 Å². The molecule has 2 aromatic heterocycles. The standard InChI is InChI=1S/C8H8N4O/c13-5-6-3-11-8(12-6)7-4-9-1-2-10-7/h1-4,13H,5H2,(H,11,12). The molecule has 0 atom stereocenters. The van der Waals surface area contributed by atoms with Crippen LogP contribution >= 0.6 is 0 Å². The maximum atomic E-state index is 8.79. The molecule has 0 aromatic carbocycles. The van der Waals surface area contributed by atoms with Gasteiger partial charge < -0.3 is 10.1 Å². The van der Waals surface area contributed by atoms with Gasteiger partial charge in [-0.3, -0.25) is 4.98 Å². The first-order valence-electron chi connectivity index (χ1n) is 3.81. The van der Waals surface area contributed by atoms with Crippen molar-refractivity contribution >= 4 is 0 Å². The zero-order chi connectivity index (χ0) is 9.10. The van der Waals surface area contributed by atoms with E-state index in [0.717, 1.165) is 0 Å². The zero-order valence-electron chi connectivity index (χ0n) is 6.81. The predicted octanol–water partition coefficient (Wildman–Crippen LogP) is 0.359. The third-order valence-corrected chi connectivity index (χ3v) is 1.60. The summed E-state index contributed by atoms with van der Waals surface area (Å²) >= 11 is 0. The molecule has 2 rings (SSSR count). The Kier molecular flexibility index (Phi) is 2.01. The minimum Gasteiger partial charge on any atom is -0.390 e. The first-order valence-corrected chi connectivity index (χ1v) is 3.81. The quantitative estimate of drug-likeness (QED) is 0.692. The highest BCUT2D eigenvalue weighted by Crippen LogP contribution is 2.10. The lowest BCUT2D eigenvalue weighted by atomic mass is 10.4. The number of nitrogens with zero attached hydrogens (tertiary/aromatic N) is 3. The lowest BCUT2D eigenvalue weighted by Crippen LogP contribution is -1.87. The molecule has 5 nitrogen and oxygen atoms in total. The van der Waals surface area contributed by atoms with Crippen LogP contribution in [0.5, 0.6) is 0 Å². The van der Waals surface area contributed by atoms with E-state index < -0.39 is 0 Å². The number of imidazole rings is 1. The molecule has 0 aliphatic rings. The van der Waals surface area contributed by atoms with E-state index >= 15 is 0 Å². The van der Waals surface area contributed by atoms with Crippen LogP contribution in [0, 0.1) is 0 Å². The summed E-state index contributed by atoms with van der Waals surface area (Å²) in [6.45, 7) is -0.0484. The van der Waals surface area contributed by atoms with Gasteiger partial charge >= 0.3 is 0 Å². The highest BCUT2D eigenvalue weighted by Gasteiger charge is 2.02. The van der Waals surface area contributed by atoms with Gasteiger partial charge in [0.05, 0.1) is 24.7 Å². The molecule has 0 amide bonds. The minimum atomic E-state index is -0.0484. The number of hydrogen-bond acceptors (Lipinski definition) is 4. The van der Waals surface area contributed by atoms with Crippen LogP contribution in [0.2, 0.25) is 0 Å². The summed E-state index contributed by atoms with van der Waals surface area (Å²) in [4.78, 5) is 14.9. The van der Waals surface area contributed by atoms with Gasteiger partial charge in [0.15, 0.2) is 5.82 Å². The van der Waals surface area contributed by atoms with Gasteiger partial charge in [-0.2, -0.15) is 0 Å². The average Bonchev–Trinajstić information content (AvgIpc) is 2.67. The summed E-state index contributed by atoms with van der Waals surface area (Å²) in [6, 6.07) is 0. The van der Waals surface area contributed by atoms with Crippen molar-refractivity contribution in [1.82, 2.24) is 19.9 Å². The first-order chi connectivity index (χ1) is 6.40. The van der Waals surface area contributed by atoms with Gasteiger partial charge in [0.1, 0.15) is 5.69 Å². The fourth-order valence-electron chi connectivity index (χ4n) is 0.991. The van der Waals surface area contributed by atoms with Gasteiger partial charge in [-0.1, -0.05) is 0 Å². The van der Waals surface area contributed by atoms with Gasteiger partial charge in [0, 0.05) is 12.4 Å². The van der Waals surface area contributed by atoms with Crippen molar-refractivity contribution in [1.29, 1.82) is 0 Å². The number of aromatic nitrogens is 4. The molecule has 0 unspecified atom stereocenters. The van der Waals surface area contributed by atoms with Crippen LogP contribution < -0.4 is 0 Å². The summed E-state index contributed by atoms with van der Waals surface area (Å²) < 4.78 is 0. The molecule has 5 heteroatoms. The molecule has 0 radical (unpaired) electrons. The summed E-state index contributed by atoms with van der Waals surface area (Å²) in [5, 5.41) is 8.79. The van der Waals surface area contributed by atoms with Crippen LogP contribution in [0.4, 0.5) is 0 Å². The molecule has 13 heavy (non-hydrogen) atoms. The molecular formula is C8H8N4O. The van der Waals surface area contributed by atoms with E-state index in [-0.39, 0.29) is 6.61 Å². The number of aliphatic hydroxyl groups is 1. The molecule has 0 bridgehead atoms. The van der Waals surface area contributed by atoms with Crippen LogP contribution in [-0.4, -0.2) is 25.0 Å². The van der Waals surface area contributed by atoms with E-state index in [0.29, 0.717) is 17.2 Å². The summed E-state index contributed by atoms with van der Waals surface area (Å²) in [5.41, 5.74) is 1.34. The normalized spacial score (nSPS) is 10.2. The Balaban J connectivity index is 2.36. The summed E-state index contributed by atoms with van der Waals surface area (Å²) in [5.74, 6) is 0.622.